The maximum Gasteiger partial charge on any atom is 0.237 e. The van der Waals surface area contributed by atoms with Gasteiger partial charge >= 0.3 is 0 Å². The van der Waals surface area contributed by atoms with Crippen molar-refractivity contribution in [2.24, 2.45) is 0 Å². The molecule has 0 aliphatic carbocycles. The first-order valence-corrected chi connectivity index (χ1v) is 11.3. The number of carbonyl (C=O) groups is 1. The van der Waals surface area contributed by atoms with E-state index < -0.39 is 11.1 Å². The van der Waals surface area contributed by atoms with Crippen molar-refractivity contribution in [2.45, 2.75) is 36.7 Å². The Balaban J connectivity index is 1.51. The Morgan fingerprint density at radius 1 is 1.33 bits per heavy atom. The van der Waals surface area contributed by atoms with Crippen molar-refractivity contribution in [3.05, 3.63) is 52.6 Å². The molecule has 4 rings (SSSR count). The van der Waals surface area contributed by atoms with Gasteiger partial charge in [-0.3, -0.25) is 9.36 Å². The van der Waals surface area contributed by atoms with Crippen LogP contribution in [0.25, 0.3) is 0 Å². The largest absolute Gasteiger partial charge is 0.467 e. The van der Waals surface area contributed by atoms with Crippen LogP contribution in [0.2, 0.25) is 0 Å². The summed E-state index contributed by atoms with van der Waals surface area (Å²) in [5, 5.41) is 11.5. The molecule has 1 unspecified atom stereocenters. The summed E-state index contributed by atoms with van der Waals surface area (Å²) in [7, 11) is 0. The number of rotatable bonds is 7. The number of hydrogen-bond donors (Lipinski definition) is 1. The molecule has 1 aliphatic heterocycles. The zero-order valence-electron chi connectivity index (χ0n) is 16.3. The molecule has 1 aromatic carbocycles. The first kappa shape index (κ1) is 20.9. The summed E-state index contributed by atoms with van der Waals surface area (Å²) in [5.74, 6) is 0.757. The van der Waals surface area contributed by atoms with Gasteiger partial charge in [-0.15, -0.1) is 10.2 Å². The zero-order valence-corrected chi connectivity index (χ0v) is 18.7. The van der Waals surface area contributed by atoms with E-state index in [1.54, 1.807) is 19.3 Å². The highest BCUT2D eigenvalue weighted by Crippen LogP contribution is 2.29. The van der Waals surface area contributed by atoms with Gasteiger partial charge in [0.25, 0.3) is 0 Å². The molecule has 1 atom stereocenters. The second-order valence-electron chi connectivity index (χ2n) is 7.02. The van der Waals surface area contributed by atoms with Crippen molar-refractivity contribution in [3.8, 4) is 0 Å². The molecule has 7 nitrogen and oxygen atoms in total. The van der Waals surface area contributed by atoms with E-state index in [2.05, 4.69) is 36.3 Å². The lowest BCUT2D eigenvalue weighted by Crippen LogP contribution is -2.24. The third kappa shape index (κ3) is 4.70. The lowest BCUT2D eigenvalue weighted by molar-refractivity contribution is -0.115. The van der Waals surface area contributed by atoms with Crippen LogP contribution in [0.1, 0.15) is 25.5 Å². The minimum atomic E-state index is -0.501. The quantitative estimate of drug-likeness (QED) is 0.486. The van der Waals surface area contributed by atoms with Crippen LogP contribution in [0.4, 0.5) is 16.0 Å². The number of hydrogen-bond acceptors (Lipinski definition) is 6. The number of amides is 1. The average Bonchev–Trinajstić information content (AvgIpc) is 3.47. The summed E-state index contributed by atoms with van der Waals surface area (Å²) in [6.45, 7) is 4.10. The Kier molecular flexibility index (Phi) is 6.43. The monoisotopic (exact) mass is 493 g/mol. The summed E-state index contributed by atoms with van der Waals surface area (Å²) >= 11 is 4.50. The summed E-state index contributed by atoms with van der Waals surface area (Å²) in [6, 6.07) is 8.26. The highest BCUT2D eigenvalue weighted by molar-refractivity contribution is 9.10. The number of halogens is 2. The van der Waals surface area contributed by atoms with Gasteiger partial charge in [0, 0.05) is 17.6 Å². The van der Waals surface area contributed by atoms with Crippen LogP contribution >= 0.6 is 27.7 Å². The fourth-order valence-electron chi connectivity index (χ4n) is 3.25. The third-order valence-corrected chi connectivity index (χ3v) is 6.39. The van der Waals surface area contributed by atoms with E-state index in [1.165, 1.54) is 23.9 Å². The predicted octanol–water partition coefficient (Wildman–Crippen LogP) is 4.54. The molecule has 30 heavy (non-hydrogen) atoms. The molecule has 1 saturated heterocycles. The summed E-state index contributed by atoms with van der Waals surface area (Å²) < 4.78 is 22.1. The Bertz CT molecular complexity index is 1020. The number of anilines is 2. The van der Waals surface area contributed by atoms with Crippen LogP contribution in [-0.2, 0) is 11.3 Å². The molecule has 0 radical (unpaired) electrons. The molecule has 3 heterocycles. The van der Waals surface area contributed by atoms with E-state index in [0.29, 0.717) is 16.2 Å². The van der Waals surface area contributed by atoms with E-state index in [4.69, 9.17) is 4.42 Å². The third-order valence-electron chi connectivity index (χ3n) is 4.82. The van der Waals surface area contributed by atoms with Crippen molar-refractivity contribution in [1.82, 2.24) is 14.8 Å². The van der Waals surface area contributed by atoms with Crippen molar-refractivity contribution in [3.63, 3.8) is 0 Å². The molecule has 0 saturated carbocycles. The molecule has 2 aromatic heterocycles. The number of benzene rings is 1. The normalized spacial score (nSPS) is 14.8. The zero-order chi connectivity index (χ0) is 21.1. The summed E-state index contributed by atoms with van der Waals surface area (Å²) in [4.78, 5) is 14.8. The van der Waals surface area contributed by atoms with Gasteiger partial charge in [0.1, 0.15) is 11.6 Å². The number of furan rings is 1. The SMILES string of the molecule is CC(Sc1nnc(N2CCCC2)n1Cc1ccco1)C(=O)Nc1ccc(Br)cc1F. The van der Waals surface area contributed by atoms with Crippen LogP contribution < -0.4 is 10.2 Å². The van der Waals surface area contributed by atoms with Gasteiger partial charge in [0.2, 0.25) is 11.9 Å². The number of aromatic nitrogens is 3. The van der Waals surface area contributed by atoms with Crippen LogP contribution in [0, 0.1) is 5.82 Å². The van der Waals surface area contributed by atoms with Crippen LogP contribution in [0.5, 0.6) is 0 Å². The highest BCUT2D eigenvalue weighted by Gasteiger charge is 2.25. The van der Waals surface area contributed by atoms with Crippen molar-refractivity contribution < 1.29 is 13.6 Å². The van der Waals surface area contributed by atoms with Gasteiger partial charge in [-0.05, 0) is 50.1 Å². The van der Waals surface area contributed by atoms with E-state index in [9.17, 15) is 9.18 Å². The number of nitrogens with zero attached hydrogens (tertiary/aromatic N) is 4. The Morgan fingerprint density at radius 2 is 2.13 bits per heavy atom. The maximum absolute atomic E-state index is 14.1. The standard InChI is InChI=1S/C20H21BrFN5O2S/c1-13(18(28)23-17-7-6-14(21)11-16(17)22)30-20-25-24-19(26-8-2-3-9-26)27(20)12-15-5-4-10-29-15/h4-7,10-11,13H,2-3,8-9,12H2,1H3,(H,23,28). The minimum absolute atomic E-state index is 0.144. The van der Waals surface area contributed by atoms with Gasteiger partial charge in [-0.25, -0.2) is 4.39 Å². The molecule has 1 aliphatic rings. The second-order valence-corrected chi connectivity index (χ2v) is 9.24. The molecular weight excluding hydrogens is 473 g/mol. The first-order valence-electron chi connectivity index (χ1n) is 9.64. The molecular formula is C20H21BrFN5O2S. The molecule has 1 fully saturated rings. The number of carbonyl (C=O) groups excluding carboxylic acids is 1. The average molecular weight is 494 g/mol. The summed E-state index contributed by atoms with van der Waals surface area (Å²) in [6.07, 6.45) is 3.87. The summed E-state index contributed by atoms with van der Waals surface area (Å²) in [5.41, 5.74) is 0.144. The van der Waals surface area contributed by atoms with E-state index in [-0.39, 0.29) is 11.6 Å². The van der Waals surface area contributed by atoms with Gasteiger partial charge < -0.3 is 14.6 Å². The molecule has 3 aromatic rings. The smallest absolute Gasteiger partial charge is 0.237 e. The van der Waals surface area contributed by atoms with Gasteiger partial charge in [0.15, 0.2) is 5.16 Å². The predicted molar refractivity (Wildman–Crippen MR) is 117 cm³/mol. The topological polar surface area (TPSA) is 76.2 Å². The maximum atomic E-state index is 14.1. The Morgan fingerprint density at radius 3 is 2.83 bits per heavy atom. The molecule has 158 valence electrons. The molecule has 0 bridgehead atoms. The first-order chi connectivity index (χ1) is 14.5. The highest BCUT2D eigenvalue weighted by atomic mass is 79.9. The fourth-order valence-corrected chi connectivity index (χ4v) is 4.43. The molecule has 0 spiro atoms. The van der Waals surface area contributed by atoms with Gasteiger partial charge in [0.05, 0.1) is 23.7 Å². The molecule has 10 heteroatoms. The van der Waals surface area contributed by atoms with Crippen LogP contribution in [-0.4, -0.2) is 39.0 Å². The van der Waals surface area contributed by atoms with E-state index in [1.807, 2.05) is 16.7 Å². The van der Waals surface area contributed by atoms with E-state index >= 15 is 0 Å². The van der Waals surface area contributed by atoms with E-state index in [0.717, 1.165) is 37.6 Å². The number of nitrogens with one attached hydrogen (secondary N) is 1. The van der Waals surface area contributed by atoms with Gasteiger partial charge in [-0.2, -0.15) is 0 Å². The number of thioether (sulfide) groups is 1. The fraction of sp³-hybridized carbons (Fsp3) is 0.350. The van der Waals surface area contributed by atoms with Crippen molar-refractivity contribution in [2.75, 3.05) is 23.3 Å². The van der Waals surface area contributed by atoms with Crippen molar-refractivity contribution in [1.29, 1.82) is 0 Å². The van der Waals surface area contributed by atoms with Crippen LogP contribution in [0.15, 0.2) is 50.6 Å². The Hall–Kier alpha value is -2.33. The van der Waals surface area contributed by atoms with Crippen LogP contribution in [0.3, 0.4) is 0 Å². The molecule has 1 amide bonds. The lowest BCUT2D eigenvalue weighted by Gasteiger charge is -2.18. The minimum Gasteiger partial charge on any atom is -0.467 e. The Labute approximate surface area is 186 Å². The second kappa shape index (κ2) is 9.22. The lowest BCUT2D eigenvalue weighted by atomic mass is 10.3. The molecule has 1 N–H and O–H groups in total. The van der Waals surface area contributed by atoms with Crippen molar-refractivity contribution >= 4 is 45.2 Å². The van der Waals surface area contributed by atoms with Gasteiger partial charge in [-0.1, -0.05) is 27.7 Å².